The lowest BCUT2D eigenvalue weighted by Gasteiger charge is -2.36. The SMILES string of the molecule is CNCCCN1CCC2=CC(C)=CCC2C1. The summed E-state index contributed by atoms with van der Waals surface area (Å²) >= 11 is 0. The van der Waals surface area contributed by atoms with Gasteiger partial charge in [0.15, 0.2) is 0 Å². The van der Waals surface area contributed by atoms with E-state index in [0.29, 0.717) is 0 Å². The van der Waals surface area contributed by atoms with Gasteiger partial charge in [0.05, 0.1) is 0 Å². The molecule has 0 aromatic rings. The lowest BCUT2D eigenvalue weighted by Crippen LogP contribution is -2.38. The highest BCUT2D eigenvalue weighted by atomic mass is 15.1. The van der Waals surface area contributed by atoms with E-state index in [0.717, 1.165) is 12.5 Å². The van der Waals surface area contributed by atoms with Crippen molar-refractivity contribution in [1.82, 2.24) is 10.2 Å². The molecule has 2 aliphatic rings. The highest BCUT2D eigenvalue weighted by Crippen LogP contribution is 2.30. The molecule has 0 aromatic heterocycles. The average molecular weight is 220 g/mol. The predicted molar refractivity (Wildman–Crippen MR) is 69.5 cm³/mol. The predicted octanol–water partition coefficient (Wildman–Crippen LogP) is 2.19. The minimum Gasteiger partial charge on any atom is -0.320 e. The van der Waals surface area contributed by atoms with E-state index in [1.54, 1.807) is 5.57 Å². The second-order valence-electron chi connectivity index (χ2n) is 5.11. The summed E-state index contributed by atoms with van der Waals surface area (Å²) < 4.78 is 0. The Kier molecular flexibility index (Phi) is 4.19. The maximum atomic E-state index is 3.22. The van der Waals surface area contributed by atoms with Gasteiger partial charge in [-0.2, -0.15) is 0 Å². The molecule has 90 valence electrons. The van der Waals surface area contributed by atoms with Crippen LogP contribution < -0.4 is 5.32 Å². The fourth-order valence-corrected chi connectivity index (χ4v) is 2.79. The Balaban J connectivity index is 1.81. The first kappa shape index (κ1) is 11.9. The zero-order valence-electron chi connectivity index (χ0n) is 10.6. The van der Waals surface area contributed by atoms with Crippen molar-refractivity contribution in [3.8, 4) is 0 Å². The summed E-state index contributed by atoms with van der Waals surface area (Å²) in [5.41, 5.74) is 3.17. The van der Waals surface area contributed by atoms with Crippen molar-refractivity contribution in [2.75, 3.05) is 33.2 Å². The first-order chi connectivity index (χ1) is 7.79. The van der Waals surface area contributed by atoms with Crippen LogP contribution in [0.25, 0.3) is 0 Å². The highest BCUT2D eigenvalue weighted by Gasteiger charge is 2.24. The Morgan fingerprint density at radius 3 is 3.19 bits per heavy atom. The van der Waals surface area contributed by atoms with Crippen LogP contribution in [0.15, 0.2) is 23.3 Å². The maximum absolute atomic E-state index is 3.22. The van der Waals surface area contributed by atoms with Crippen LogP contribution in [0, 0.1) is 5.92 Å². The monoisotopic (exact) mass is 220 g/mol. The molecular weight excluding hydrogens is 196 g/mol. The molecule has 1 N–H and O–H groups in total. The molecule has 1 aliphatic heterocycles. The molecule has 0 bridgehead atoms. The second-order valence-corrected chi connectivity index (χ2v) is 5.11. The van der Waals surface area contributed by atoms with Gasteiger partial charge in [0.25, 0.3) is 0 Å². The normalized spacial score (nSPS) is 26.0. The zero-order chi connectivity index (χ0) is 11.4. The summed E-state index contributed by atoms with van der Waals surface area (Å²) in [7, 11) is 2.03. The van der Waals surface area contributed by atoms with E-state index >= 15 is 0 Å². The molecule has 0 amide bonds. The minimum absolute atomic E-state index is 0.812. The molecular formula is C14H24N2. The van der Waals surface area contributed by atoms with Gasteiger partial charge < -0.3 is 10.2 Å². The maximum Gasteiger partial charge on any atom is 0.00503 e. The Labute approximate surface area is 99.4 Å². The summed E-state index contributed by atoms with van der Waals surface area (Å²) in [4.78, 5) is 2.63. The summed E-state index contributed by atoms with van der Waals surface area (Å²) in [5, 5.41) is 3.22. The molecule has 0 radical (unpaired) electrons. The third-order valence-corrected chi connectivity index (χ3v) is 3.76. The summed E-state index contributed by atoms with van der Waals surface area (Å²) in [6.07, 6.45) is 8.64. The second kappa shape index (κ2) is 5.65. The lowest BCUT2D eigenvalue weighted by molar-refractivity contribution is 0.211. The van der Waals surface area contributed by atoms with Crippen molar-refractivity contribution in [2.45, 2.75) is 26.2 Å². The van der Waals surface area contributed by atoms with Crippen molar-refractivity contribution in [2.24, 2.45) is 5.92 Å². The van der Waals surface area contributed by atoms with E-state index in [1.807, 2.05) is 7.05 Å². The molecule has 2 heteroatoms. The molecule has 1 fully saturated rings. The quantitative estimate of drug-likeness (QED) is 0.731. The number of likely N-dealkylation sites (tertiary alicyclic amines) is 1. The van der Waals surface area contributed by atoms with Gasteiger partial charge in [0.2, 0.25) is 0 Å². The Morgan fingerprint density at radius 1 is 1.50 bits per heavy atom. The standard InChI is InChI=1S/C14H24N2/c1-12-4-5-14-11-16(8-3-7-15-2)9-6-13(14)10-12/h4,10,14-15H,3,5-9,11H2,1-2H3. The average Bonchev–Trinajstić information content (AvgIpc) is 2.29. The number of fused-ring (bicyclic) bond motifs is 1. The first-order valence-electron chi connectivity index (χ1n) is 6.54. The van der Waals surface area contributed by atoms with E-state index in [1.165, 1.54) is 44.5 Å². The van der Waals surface area contributed by atoms with Crippen molar-refractivity contribution >= 4 is 0 Å². The molecule has 0 saturated carbocycles. The Hall–Kier alpha value is -0.600. The number of rotatable bonds is 4. The van der Waals surface area contributed by atoms with Crippen LogP contribution in [0.2, 0.25) is 0 Å². The third kappa shape index (κ3) is 2.96. The van der Waals surface area contributed by atoms with Crippen LogP contribution in [0.1, 0.15) is 26.2 Å². The van der Waals surface area contributed by atoms with Crippen molar-refractivity contribution in [3.05, 3.63) is 23.3 Å². The molecule has 1 atom stereocenters. The smallest absolute Gasteiger partial charge is 0.00503 e. The summed E-state index contributed by atoms with van der Waals surface area (Å²) in [6, 6.07) is 0. The number of hydrogen-bond acceptors (Lipinski definition) is 2. The van der Waals surface area contributed by atoms with Gasteiger partial charge in [-0.15, -0.1) is 0 Å². The summed E-state index contributed by atoms with van der Waals surface area (Å²) in [5.74, 6) is 0.812. The number of piperidine rings is 1. The fourth-order valence-electron chi connectivity index (χ4n) is 2.79. The third-order valence-electron chi connectivity index (χ3n) is 3.76. The number of hydrogen-bond donors (Lipinski definition) is 1. The molecule has 1 aliphatic carbocycles. The van der Waals surface area contributed by atoms with Crippen LogP contribution in [0.3, 0.4) is 0 Å². The van der Waals surface area contributed by atoms with E-state index in [2.05, 4.69) is 29.3 Å². The molecule has 2 nitrogen and oxygen atoms in total. The molecule has 1 unspecified atom stereocenters. The van der Waals surface area contributed by atoms with E-state index in [9.17, 15) is 0 Å². The van der Waals surface area contributed by atoms with Crippen LogP contribution in [-0.2, 0) is 0 Å². The van der Waals surface area contributed by atoms with E-state index < -0.39 is 0 Å². The van der Waals surface area contributed by atoms with Gasteiger partial charge in [-0.3, -0.25) is 0 Å². The molecule has 1 heterocycles. The van der Waals surface area contributed by atoms with Gasteiger partial charge in [-0.05, 0) is 52.2 Å². The van der Waals surface area contributed by atoms with Crippen LogP contribution in [0.5, 0.6) is 0 Å². The van der Waals surface area contributed by atoms with Crippen LogP contribution in [-0.4, -0.2) is 38.1 Å². The molecule has 2 rings (SSSR count). The fraction of sp³-hybridized carbons (Fsp3) is 0.714. The van der Waals surface area contributed by atoms with E-state index in [4.69, 9.17) is 0 Å². The summed E-state index contributed by atoms with van der Waals surface area (Å²) in [6.45, 7) is 7.16. The Bertz CT molecular complexity index is 291. The van der Waals surface area contributed by atoms with Gasteiger partial charge in [-0.25, -0.2) is 0 Å². The first-order valence-corrected chi connectivity index (χ1v) is 6.54. The zero-order valence-corrected chi connectivity index (χ0v) is 10.6. The van der Waals surface area contributed by atoms with Crippen molar-refractivity contribution < 1.29 is 0 Å². The topological polar surface area (TPSA) is 15.3 Å². The Morgan fingerprint density at radius 2 is 2.38 bits per heavy atom. The number of nitrogens with zero attached hydrogens (tertiary/aromatic N) is 1. The minimum atomic E-state index is 0.812. The largest absolute Gasteiger partial charge is 0.320 e. The van der Waals surface area contributed by atoms with Crippen LogP contribution >= 0.6 is 0 Å². The highest BCUT2D eigenvalue weighted by molar-refractivity contribution is 5.29. The van der Waals surface area contributed by atoms with Gasteiger partial charge >= 0.3 is 0 Å². The number of nitrogens with one attached hydrogen (secondary N) is 1. The van der Waals surface area contributed by atoms with Crippen molar-refractivity contribution in [1.29, 1.82) is 0 Å². The molecule has 1 saturated heterocycles. The van der Waals surface area contributed by atoms with Crippen molar-refractivity contribution in [3.63, 3.8) is 0 Å². The van der Waals surface area contributed by atoms with E-state index in [-0.39, 0.29) is 0 Å². The van der Waals surface area contributed by atoms with Crippen LogP contribution in [0.4, 0.5) is 0 Å². The van der Waals surface area contributed by atoms with Gasteiger partial charge in [0.1, 0.15) is 0 Å². The number of allylic oxidation sites excluding steroid dienone is 3. The molecule has 0 aromatic carbocycles. The molecule has 0 spiro atoms. The van der Waals surface area contributed by atoms with Gasteiger partial charge in [-0.1, -0.05) is 23.3 Å². The van der Waals surface area contributed by atoms with Gasteiger partial charge in [0, 0.05) is 13.1 Å². The molecule has 16 heavy (non-hydrogen) atoms. The lowest BCUT2D eigenvalue weighted by atomic mass is 9.84.